The zero-order valence-corrected chi connectivity index (χ0v) is 13.4. The number of nitrogens with two attached hydrogens (primary N) is 1. The van der Waals surface area contributed by atoms with Gasteiger partial charge in [-0.25, -0.2) is 0 Å². The standard InChI is InChI=1S/C16H22N4S/c1-11-15(17)19-21-16(11)18-14-8-9-20(12(14)2)10-13-6-4-3-5-7-13/h3-7,12,14,18H,8-10H2,1-2H3,(H2,17,19). The highest BCUT2D eigenvalue weighted by Crippen LogP contribution is 2.30. The summed E-state index contributed by atoms with van der Waals surface area (Å²) in [5.74, 6) is 0.647. The third-order valence-corrected chi connectivity index (χ3v) is 5.29. The number of rotatable bonds is 4. The quantitative estimate of drug-likeness (QED) is 0.911. The number of anilines is 2. The fourth-order valence-electron chi connectivity index (χ4n) is 2.89. The lowest BCUT2D eigenvalue weighted by Crippen LogP contribution is -2.35. The summed E-state index contributed by atoms with van der Waals surface area (Å²) >= 11 is 1.47. The van der Waals surface area contributed by atoms with Crippen LogP contribution in [0.15, 0.2) is 30.3 Å². The van der Waals surface area contributed by atoms with Crippen LogP contribution in [0.25, 0.3) is 0 Å². The lowest BCUT2D eigenvalue weighted by atomic mass is 10.1. The molecule has 1 aromatic heterocycles. The van der Waals surface area contributed by atoms with Gasteiger partial charge in [0.1, 0.15) is 10.8 Å². The minimum absolute atomic E-state index is 0.465. The molecule has 4 nitrogen and oxygen atoms in total. The second-order valence-electron chi connectivity index (χ2n) is 5.76. The van der Waals surface area contributed by atoms with Crippen molar-refractivity contribution in [3.05, 3.63) is 41.5 Å². The second kappa shape index (κ2) is 6.03. The molecule has 3 N–H and O–H groups in total. The van der Waals surface area contributed by atoms with Gasteiger partial charge in [-0.3, -0.25) is 4.90 Å². The number of aromatic nitrogens is 1. The van der Waals surface area contributed by atoms with Crippen LogP contribution in [0.5, 0.6) is 0 Å². The molecule has 3 rings (SSSR count). The Morgan fingerprint density at radius 1 is 1.38 bits per heavy atom. The van der Waals surface area contributed by atoms with Crippen LogP contribution in [0, 0.1) is 6.92 Å². The summed E-state index contributed by atoms with van der Waals surface area (Å²) in [6, 6.07) is 11.6. The summed E-state index contributed by atoms with van der Waals surface area (Å²) in [6.07, 6.45) is 1.16. The van der Waals surface area contributed by atoms with E-state index in [2.05, 4.69) is 51.8 Å². The van der Waals surface area contributed by atoms with E-state index in [4.69, 9.17) is 5.73 Å². The molecule has 0 spiro atoms. The molecule has 1 aliphatic rings. The zero-order valence-electron chi connectivity index (χ0n) is 12.5. The molecule has 2 unspecified atom stereocenters. The van der Waals surface area contributed by atoms with Gasteiger partial charge in [0.15, 0.2) is 0 Å². The zero-order chi connectivity index (χ0) is 14.8. The topological polar surface area (TPSA) is 54.2 Å². The summed E-state index contributed by atoms with van der Waals surface area (Å²) in [4.78, 5) is 2.53. The smallest absolute Gasteiger partial charge is 0.142 e. The maximum absolute atomic E-state index is 5.83. The number of hydrogen-bond donors (Lipinski definition) is 2. The van der Waals surface area contributed by atoms with Crippen molar-refractivity contribution < 1.29 is 0 Å². The van der Waals surface area contributed by atoms with E-state index in [1.807, 2.05) is 6.92 Å². The molecule has 0 radical (unpaired) electrons. The van der Waals surface area contributed by atoms with Crippen LogP contribution < -0.4 is 11.1 Å². The van der Waals surface area contributed by atoms with Crippen molar-refractivity contribution in [2.24, 2.45) is 0 Å². The third kappa shape index (κ3) is 3.04. The first kappa shape index (κ1) is 14.4. The van der Waals surface area contributed by atoms with Crippen LogP contribution in [-0.4, -0.2) is 27.9 Å². The van der Waals surface area contributed by atoms with Gasteiger partial charge in [-0.15, -0.1) is 0 Å². The van der Waals surface area contributed by atoms with Crippen LogP contribution in [0.4, 0.5) is 10.8 Å². The van der Waals surface area contributed by atoms with Crippen LogP contribution >= 0.6 is 11.5 Å². The van der Waals surface area contributed by atoms with Gasteiger partial charge in [-0.05, 0) is 37.4 Å². The first-order valence-electron chi connectivity index (χ1n) is 7.41. The van der Waals surface area contributed by atoms with Crippen molar-refractivity contribution in [3.63, 3.8) is 0 Å². The molecule has 5 heteroatoms. The summed E-state index contributed by atoms with van der Waals surface area (Å²) in [7, 11) is 0. The van der Waals surface area contributed by atoms with E-state index >= 15 is 0 Å². The first-order valence-corrected chi connectivity index (χ1v) is 8.18. The Bertz CT molecular complexity index is 596. The minimum atomic E-state index is 0.465. The summed E-state index contributed by atoms with van der Waals surface area (Å²) in [5.41, 5.74) is 8.28. The number of hydrogen-bond acceptors (Lipinski definition) is 5. The molecule has 2 heterocycles. The lowest BCUT2D eigenvalue weighted by molar-refractivity contribution is 0.255. The number of nitrogens with one attached hydrogen (secondary N) is 1. The highest BCUT2D eigenvalue weighted by atomic mass is 32.1. The molecule has 1 aromatic carbocycles. The summed E-state index contributed by atoms with van der Waals surface area (Å²) in [6.45, 7) is 6.47. The summed E-state index contributed by atoms with van der Waals surface area (Å²) < 4.78 is 4.21. The molecule has 0 amide bonds. The van der Waals surface area contributed by atoms with E-state index in [9.17, 15) is 0 Å². The Kier molecular flexibility index (Phi) is 4.12. The molecule has 1 fully saturated rings. The Morgan fingerprint density at radius 2 is 2.14 bits per heavy atom. The third-order valence-electron chi connectivity index (χ3n) is 4.39. The minimum Gasteiger partial charge on any atom is -0.383 e. The van der Waals surface area contributed by atoms with E-state index in [-0.39, 0.29) is 0 Å². The van der Waals surface area contributed by atoms with Crippen LogP contribution in [0.3, 0.4) is 0 Å². The van der Waals surface area contributed by atoms with Gasteiger partial charge in [0.25, 0.3) is 0 Å². The molecule has 0 saturated carbocycles. The predicted octanol–water partition coefficient (Wildman–Crippen LogP) is 3.11. The second-order valence-corrected chi connectivity index (χ2v) is 6.53. The monoisotopic (exact) mass is 302 g/mol. The van der Waals surface area contributed by atoms with Crippen LogP contribution in [0.2, 0.25) is 0 Å². The maximum atomic E-state index is 5.83. The molecule has 2 aromatic rings. The lowest BCUT2D eigenvalue weighted by Gasteiger charge is -2.25. The van der Waals surface area contributed by atoms with Gasteiger partial charge in [-0.1, -0.05) is 30.3 Å². The molecule has 0 bridgehead atoms. The molecular weight excluding hydrogens is 280 g/mol. The van der Waals surface area contributed by atoms with Crippen molar-refractivity contribution >= 4 is 22.4 Å². The number of nitrogen functional groups attached to an aromatic ring is 1. The van der Waals surface area contributed by atoms with Gasteiger partial charge in [-0.2, -0.15) is 4.37 Å². The predicted molar refractivity (Wildman–Crippen MR) is 89.6 cm³/mol. The fourth-order valence-corrected chi connectivity index (χ4v) is 3.66. The normalized spacial score (nSPS) is 22.6. The highest BCUT2D eigenvalue weighted by Gasteiger charge is 2.31. The molecule has 1 aliphatic heterocycles. The average Bonchev–Trinajstić information content (AvgIpc) is 2.99. The highest BCUT2D eigenvalue weighted by molar-refractivity contribution is 7.10. The number of nitrogens with zero attached hydrogens (tertiary/aromatic N) is 2. The van der Waals surface area contributed by atoms with Crippen molar-refractivity contribution in [2.75, 3.05) is 17.6 Å². The van der Waals surface area contributed by atoms with Crippen molar-refractivity contribution in [1.82, 2.24) is 9.27 Å². The van der Waals surface area contributed by atoms with Gasteiger partial charge < -0.3 is 11.1 Å². The van der Waals surface area contributed by atoms with E-state index in [1.165, 1.54) is 17.1 Å². The van der Waals surface area contributed by atoms with E-state index in [1.54, 1.807) is 0 Å². The molecular formula is C16H22N4S. The van der Waals surface area contributed by atoms with E-state index in [0.29, 0.717) is 17.9 Å². The van der Waals surface area contributed by atoms with Gasteiger partial charge in [0.05, 0.1) is 0 Å². The Balaban J connectivity index is 1.63. The maximum Gasteiger partial charge on any atom is 0.142 e. The Morgan fingerprint density at radius 3 is 2.81 bits per heavy atom. The van der Waals surface area contributed by atoms with Crippen molar-refractivity contribution in [1.29, 1.82) is 0 Å². The fraction of sp³-hybridized carbons (Fsp3) is 0.438. The number of likely N-dealkylation sites (tertiary alicyclic amines) is 1. The molecule has 2 atom stereocenters. The first-order chi connectivity index (χ1) is 10.1. The van der Waals surface area contributed by atoms with Crippen molar-refractivity contribution in [2.45, 2.75) is 38.9 Å². The average molecular weight is 302 g/mol. The van der Waals surface area contributed by atoms with Gasteiger partial charge in [0, 0.05) is 30.7 Å². The SMILES string of the molecule is Cc1c(N)nsc1NC1CCN(Cc2ccccc2)C1C. The number of benzene rings is 1. The molecule has 112 valence electrons. The van der Waals surface area contributed by atoms with Gasteiger partial charge >= 0.3 is 0 Å². The molecule has 0 aliphatic carbocycles. The van der Waals surface area contributed by atoms with E-state index < -0.39 is 0 Å². The molecule has 21 heavy (non-hydrogen) atoms. The Hall–Kier alpha value is -1.59. The summed E-state index contributed by atoms with van der Waals surface area (Å²) in [5, 5.41) is 4.75. The van der Waals surface area contributed by atoms with Crippen molar-refractivity contribution in [3.8, 4) is 0 Å². The van der Waals surface area contributed by atoms with E-state index in [0.717, 1.165) is 30.1 Å². The van der Waals surface area contributed by atoms with Gasteiger partial charge in [0.2, 0.25) is 0 Å². The Labute approximate surface area is 130 Å². The largest absolute Gasteiger partial charge is 0.383 e. The molecule has 1 saturated heterocycles. The van der Waals surface area contributed by atoms with Crippen LogP contribution in [-0.2, 0) is 6.54 Å². The van der Waals surface area contributed by atoms with Crippen LogP contribution in [0.1, 0.15) is 24.5 Å².